The van der Waals surface area contributed by atoms with Crippen LogP contribution in [0.4, 0.5) is 0 Å². The van der Waals surface area contributed by atoms with Gasteiger partial charge in [-0.15, -0.1) is 0 Å². The molecule has 0 aliphatic heterocycles. The van der Waals surface area contributed by atoms with E-state index in [-0.39, 0.29) is 0 Å². The molecule has 3 aromatic rings. The molecule has 0 amide bonds. The van der Waals surface area contributed by atoms with Crippen LogP contribution in [-0.2, 0) is 0 Å². The zero-order valence-electron chi connectivity index (χ0n) is 12.1. The number of rotatable bonds is 2. The minimum Gasteiger partial charge on any atom is -0.282 e. The molecule has 3 rings (SSSR count). The number of aryl methyl sites for hydroxylation is 3. The van der Waals surface area contributed by atoms with Gasteiger partial charge in [0.05, 0.1) is 0 Å². The lowest BCUT2D eigenvalue weighted by molar-refractivity contribution is 1.05. The van der Waals surface area contributed by atoms with Crippen LogP contribution < -0.4 is 0 Å². The van der Waals surface area contributed by atoms with Crippen molar-refractivity contribution < 1.29 is 0 Å². The Bertz CT molecular complexity index is 719. The van der Waals surface area contributed by atoms with Gasteiger partial charge in [-0.25, -0.2) is 0 Å². The molecule has 0 saturated heterocycles. The van der Waals surface area contributed by atoms with Crippen LogP contribution in [-0.4, -0.2) is 10.2 Å². The summed E-state index contributed by atoms with van der Waals surface area (Å²) in [5, 5.41) is 7.60. The quantitative estimate of drug-likeness (QED) is 0.714. The van der Waals surface area contributed by atoms with Crippen molar-refractivity contribution in [2.24, 2.45) is 0 Å². The van der Waals surface area contributed by atoms with Crippen LogP contribution in [0.1, 0.15) is 16.8 Å². The lowest BCUT2D eigenvalue weighted by atomic mass is 9.98. The zero-order valence-corrected chi connectivity index (χ0v) is 12.1. The number of hydrogen-bond acceptors (Lipinski definition) is 1. The van der Waals surface area contributed by atoms with Gasteiger partial charge in [0.2, 0.25) is 0 Å². The van der Waals surface area contributed by atoms with Crippen molar-refractivity contribution in [2.75, 3.05) is 0 Å². The topological polar surface area (TPSA) is 28.7 Å². The molecule has 100 valence electrons. The highest BCUT2D eigenvalue weighted by Crippen LogP contribution is 2.33. The molecule has 0 saturated carbocycles. The highest BCUT2D eigenvalue weighted by atomic mass is 15.1. The second-order valence-electron chi connectivity index (χ2n) is 5.30. The maximum absolute atomic E-state index is 4.49. The van der Waals surface area contributed by atoms with Gasteiger partial charge in [-0.05, 0) is 26.3 Å². The van der Waals surface area contributed by atoms with E-state index in [1.54, 1.807) is 0 Å². The summed E-state index contributed by atoms with van der Waals surface area (Å²) < 4.78 is 0. The SMILES string of the molecule is Cc1ccc(-c2n[nH]c(C)c2-c2ccc(C)cc2)cc1. The minimum absolute atomic E-state index is 1.02. The van der Waals surface area contributed by atoms with E-state index in [1.165, 1.54) is 22.3 Å². The standard InChI is InChI=1S/C18H18N2/c1-12-4-8-15(9-5-12)17-14(3)19-20-18(17)16-10-6-13(2)7-11-16/h4-11H,1-3H3,(H,19,20). The van der Waals surface area contributed by atoms with Crippen LogP contribution in [0.5, 0.6) is 0 Å². The van der Waals surface area contributed by atoms with Crippen molar-refractivity contribution in [1.82, 2.24) is 10.2 Å². The van der Waals surface area contributed by atoms with Gasteiger partial charge in [-0.2, -0.15) is 5.10 Å². The number of aromatic amines is 1. The summed E-state index contributed by atoms with van der Waals surface area (Å²) in [5.74, 6) is 0. The molecule has 2 aromatic carbocycles. The lowest BCUT2D eigenvalue weighted by Gasteiger charge is -2.05. The summed E-state index contributed by atoms with van der Waals surface area (Å²) in [7, 11) is 0. The van der Waals surface area contributed by atoms with Gasteiger partial charge in [0.25, 0.3) is 0 Å². The van der Waals surface area contributed by atoms with Crippen LogP contribution in [0, 0.1) is 20.8 Å². The summed E-state index contributed by atoms with van der Waals surface area (Å²) >= 11 is 0. The van der Waals surface area contributed by atoms with E-state index in [0.29, 0.717) is 0 Å². The van der Waals surface area contributed by atoms with Crippen molar-refractivity contribution in [3.63, 3.8) is 0 Å². The van der Waals surface area contributed by atoms with E-state index in [4.69, 9.17) is 0 Å². The Balaban J connectivity index is 2.14. The molecule has 0 aliphatic rings. The zero-order chi connectivity index (χ0) is 14.1. The number of nitrogens with zero attached hydrogens (tertiary/aromatic N) is 1. The van der Waals surface area contributed by atoms with E-state index in [2.05, 4.69) is 79.5 Å². The first-order valence-electron chi connectivity index (χ1n) is 6.84. The minimum atomic E-state index is 1.02. The van der Waals surface area contributed by atoms with E-state index in [9.17, 15) is 0 Å². The smallest absolute Gasteiger partial charge is 0.100 e. The predicted octanol–water partition coefficient (Wildman–Crippen LogP) is 4.67. The Morgan fingerprint density at radius 3 is 1.75 bits per heavy atom. The van der Waals surface area contributed by atoms with Gasteiger partial charge in [0.15, 0.2) is 0 Å². The molecule has 2 nitrogen and oxygen atoms in total. The average molecular weight is 262 g/mol. The fraction of sp³-hybridized carbons (Fsp3) is 0.167. The molecule has 2 heteroatoms. The van der Waals surface area contributed by atoms with Gasteiger partial charge in [0.1, 0.15) is 5.69 Å². The first-order chi connectivity index (χ1) is 9.65. The number of hydrogen-bond donors (Lipinski definition) is 1. The molecule has 0 radical (unpaired) electrons. The van der Waals surface area contributed by atoms with Crippen LogP contribution in [0.2, 0.25) is 0 Å². The highest BCUT2D eigenvalue weighted by Gasteiger charge is 2.13. The molecule has 1 aromatic heterocycles. The molecule has 20 heavy (non-hydrogen) atoms. The first kappa shape index (κ1) is 12.7. The Kier molecular flexibility index (Phi) is 3.15. The fourth-order valence-electron chi connectivity index (χ4n) is 2.42. The summed E-state index contributed by atoms with van der Waals surface area (Å²) in [5.41, 5.74) is 8.20. The molecule has 0 unspecified atom stereocenters. The van der Waals surface area contributed by atoms with E-state index in [1.807, 2.05) is 0 Å². The Hall–Kier alpha value is -2.35. The molecule has 0 bridgehead atoms. The highest BCUT2D eigenvalue weighted by molar-refractivity contribution is 5.82. The number of benzene rings is 2. The Labute approximate surface area is 119 Å². The van der Waals surface area contributed by atoms with Gasteiger partial charge < -0.3 is 0 Å². The van der Waals surface area contributed by atoms with Crippen molar-refractivity contribution in [3.05, 3.63) is 65.4 Å². The van der Waals surface area contributed by atoms with Crippen LogP contribution >= 0.6 is 0 Å². The van der Waals surface area contributed by atoms with E-state index in [0.717, 1.165) is 17.0 Å². The largest absolute Gasteiger partial charge is 0.282 e. The van der Waals surface area contributed by atoms with Crippen molar-refractivity contribution in [2.45, 2.75) is 20.8 Å². The monoisotopic (exact) mass is 262 g/mol. The van der Waals surface area contributed by atoms with Crippen LogP contribution in [0.15, 0.2) is 48.5 Å². The molecule has 1 N–H and O–H groups in total. The fourth-order valence-corrected chi connectivity index (χ4v) is 2.42. The van der Waals surface area contributed by atoms with Crippen molar-refractivity contribution in [1.29, 1.82) is 0 Å². The van der Waals surface area contributed by atoms with Crippen molar-refractivity contribution >= 4 is 0 Å². The molecule has 0 spiro atoms. The second-order valence-corrected chi connectivity index (χ2v) is 5.30. The molecule has 1 heterocycles. The number of H-pyrrole nitrogens is 1. The van der Waals surface area contributed by atoms with Gasteiger partial charge in [-0.3, -0.25) is 5.10 Å². The third kappa shape index (κ3) is 2.25. The summed E-state index contributed by atoms with van der Waals surface area (Å²) in [6.07, 6.45) is 0. The lowest BCUT2D eigenvalue weighted by Crippen LogP contribution is -1.85. The molecule has 0 atom stereocenters. The van der Waals surface area contributed by atoms with E-state index < -0.39 is 0 Å². The average Bonchev–Trinajstić information content (AvgIpc) is 2.83. The predicted molar refractivity (Wildman–Crippen MR) is 83.7 cm³/mol. The molecule has 0 fully saturated rings. The number of aromatic nitrogens is 2. The van der Waals surface area contributed by atoms with Crippen molar-refractivity contribution in [3.8, 4) is 22.4 Å². The molecular weight excluding hydrogens is 244 g/mol. The number of nitrogens with one attached hydrogen (secondary N) is 1. The normalized spacial score (nSPS) is 10.8. The van der Waals surface area contributed by atoms with E-state index >= 15 is 0 Å². The van der Waals surface area contributed by atoms with Gasteiger partial charge in [0, 0.05) is 16.8 Å². The molecule has 0 aliphatic carbocycles. The van der Waals surface area contributed by atoms with Crippen LogP contribution in [0.3, 0.4) is 0 Å². The maximum Gasteiger partial charge on any atom is 0.100 e. The third-order valence-corrected chi connectivity index (χ3v) is 3.61. The first-order valence-corrected chi connectivity index (χ1v) is 6.84. The van der Waals surface area contributed by atoms with Gasteiger partial charge >= 0.3 is 0 Å². The Morgan fingerprint density at radius 1 is 0.700 bits per heavy atom. The Morgan fingerprint density at radius 2 is 1.20 bits per heavy atom. The third-order valence-electron chi connectivity index (χ3n) is 3.61. The van der Waals surface area contributed by atoms with Crippen LogP contribution in [0.25, 0.3) is 22.4 Å². The maximum atomic E-state index is 4.49. The molecular formula is C18H18N2. The summed E-state index contributed by atoms with van der Waals surface area (Å²) in [6, 6.07) is 17.1. The van der Waals surface area contributed by atoms with Gasteiger partial charge in [-0.1, -0.05) is 59.7 Å². The summed E-state index contributed by atoms with van der Waals surface area (Å²) in [4.78, 5) is 0. The summed E-state index contributed by atoms with van der Waals surface area (Å²) in [6.45, 7) is 6.27. The second kappa shape index (κ2) is 4.97.